The monoisotopic (exact) mass is 296 g/mol. The van der Waals surface area contributed by atoms with Gasteiger partial charge in [0.1, 0.15) is 0 Å². The summed E-state index contributed by atoms with van der Waals surface area (Å²) in [5.41, 5.74) is 3.45. The van der Waals surface area contributed by atoms with Gasteiger partial charge in [-0.05, 0) is 41.4 Å². The van der Waals surface area contributed by atoms with E-state index in [1.165, 1.54) is 5.56 Å². The molecule has 0 aliphatic carbocycles. The average molecular weight is 297 g/mol. The Morgan fingerprint density at radius 2 is 2.19 bits per heavy atom. The standard InChI is InChI=1S/C12H13BrN2S/c1-8-4-3-5-11(12(8)13)14-6-10-7-16-9(2)15-10/h3-5,7,14H,6H2,1-2H3. The molecule has 1 N–H and O–H groups in total. The number of benzene rings is 1. The van der Waals surface area contributed by atoms with Gasteiger partial charge < -0.3 is 5.32 Å². The Labute approximate surface area is 108 Å². The van der Waals surface area contributed by atoms with Crippen molar-refractivity contribution in [2.45, 2.75) is 20.4 Å². The zero-order valence-corrected chi connectivity index (χ0v) is 11.7. The van der Waals surface area contributed by atoms with E-state index in [-0.39, 0.29) is 0 Å². The van der Waals surface area contributed by atoms with Crippen molar-refractivity contribution < 1.29 is 0 Å². The van der Waals surface area contributed by atoms with Crippen LogP contribution in [0.5, 0.6) is 0 Å². The first-order chi connectivity index (χ1) is 7.66. The van der Waals surface area contributed by atoms with E-state index in [0.717, 1.165) is 27.4 Å². The van der Waals surface area contributed by atoms with Crippen LogP contribution in [-0.2, 0) is 6.54 Å². The molecule has 0 saturated heterocycles. The van der Waals surface area contributed by atoms with Crippen molar-refractivity contribution in [1.82, 2.24) is 4.98 Å². The van der Waals surface area contributed by atoms with Gasteiger partial charge in [-0.1, -0.05) is 12.1 Å². The second-order valence-corrected chi connectivity index (χ2v) is 5.50. The molecule has 2 aromatic rings. The normalized spacial score (nSPS) is 10.4. The van der Waals surface area contributed by atoms with Crippen LogP contribution in [0.3, 0.4) is 0 Å². The Kier molecular flexibility index (Phi) is 3.61. The van der Waals surface area contributed by atoms with Gasteiger partial charge in [0.15, 0.2) is 0 Å². The van der Waals surface area contributed by atoms with E-state index in [2.05, 4.69) is 56.7 Å². The number of thiazole rings is 1. The van der Waals surface area contributed by atoms with Gasteiger partial charge in [0.05, 0.1) is 17.2 Å². The molecule has 1 aromatic heterocycles. The summed E-state index contributed by atoms with van der Waals surface area (Å²) in [6.07, 6.45) is 0. The SMILES string of the molecule is Cc1nc(CNc2cccc(C)c2Br)cs1. The topological polar surface area (TPSA) is 24.9 Å². The molecule has 2 nitrogen and oxygen atoms in total. The van der Waals surface area contributed by atoms with E-state index in [4.69, 9.17) is 0 Å². The summed E-state index contributed by atoms with van der Waals surface area (Å²) in [5.74, 6) is 0. The summed E-state index contributed by atoms with van der Waals surface area (Å²) in [6.45, 7) is 4.88. The molecule has 84 valence electrons. The molecule has 0 unspecified atom stereocenters. The summed E-state index contributed by atoms with van der Waals surface area (Å²) in [5, 5.41) is 6.58. The third-order valence-corrected chi connectivity index (χ3v) is 4.19. The smallest absolute Gasteiger partial charge is 0.0898 e. The molecule has 0 bridgehead atoms. The number of aromatic nitrogens is 1. The number of rotatable bonds is 3. The summed E-state index contributed by atoms with van der Waals surface area (Å²) in [4.78, 5) is 4.42. The van der Waals surface area contributed by atoms with Crippen molar-refractivity contribution in [2.24, 2.45) is 0 Å². The van der Waals surface area contributed by atoms with E-state index in [1.807, 2.05) is 6.92 Å². The minimum absolute atomic E-state index is 0.770. The lowest BCUT2D eigenvalue weighted by Gasteiger charge is -2.08. The lowest BCUT2D eigenvalue weighted by Crippen LogP contribution is -2.00. The van der Waals surface area contributed by atoms with E-state index in [9.17, 15) is 0 Å². The van der Waals surface area contributed by atoms with E-state index >= 15 is 0 Å². The van der Waals surface area contributed by atoms with Crippen LogP contribution in [0.1, 0.15) is 16.3 Å². The van der Waals surface area contributed by atoms with E-state index in [0.29, 0.717) is 0 Å². The molecule has 1 aromatic carbocycles. The van der Waals surface area contributed by atoms with Gasteiger partial charge >= 0.3 is 0 Å². The third-order valence-electron chi connectivity index (χ3n) is 2.32. The lowest BCUT2D eigenvalue weighted by molar-refractivity contribution is 1.05. The Morgan fingerprint density at radius 1 is 1.38 bits per heavy atom. The molecule has 0 atom stereocenters. The minimum atomic E-state index is 0.770. The van der Waals surface area contributed by atoms with E-state index in [1.54, 1.807) is 11.3 Å². The molecule has 0 aliphatic rings. The van der Waals surface area contributed by atoms with Crippen LogP contribution >= 0.6 is 27.3 Å². The molecule has 0 aliphatic heterocycles. The fourth-order valence-corrected chi connectivity index (χ4v) is 2.48. The largest absolute Gasteiger partial charge is 0.378 e. The Hall–Kier alpha value is -0.870. The van der Waals surface area contributed by atoms with Crippen LogP contribution in [0, 0.1) is 13.8 Å². The summed E-state index contributed by atoms with van der Waals surface area (Å²) < 4.78 is 1.13. The quantitative estimate of drug-likeness (QED) is 0.921. The van der Waals surface area contributed by atoms with Crippen LogP contribution in [-0.4, -0.2) is 4.98 Å². The van der Waals surface area contributed by atoms with Crippen LogP contribution < -0.4 is 5.32 Å². The summed E-state index contributed by atoms with van der Waals surface area (Å²) in [6, 6.07) is 6.20. The van der Waals surface area contributed by atoms with Crippen molar-refractivity contribution in [3.8, 4) is 0 Å². The van der Waals surface area contributed by atoms with Crippen LogP contribution in [0.2, 0.25) is 0 Å². The molecule has 0 amide bonds. The fourth-order valence-electron chi connectivity index (χ4n) is 1.46. The fraction of sp³-hybridized carbons (Fsp3) is 0.250. The highest BCUT2D eigenvalue weighted by atomic mass is 79.9. The molecular formula is C12H13BrN2S. The van der Waals surface area contributed by atoms with E-state index < -0.39 is 0 Å². The number of hydrogen-bond donors (Lipinski definition) is 1. The van der Waals surface area contributed by atoms with Crippen LogP contribution in [0.4, 0.5) is 5.69 Å². The van der Waals surface area contributed by atoms with Gasteiger partial charge in [-0.3, -0.25) is 0 Å². The number of nitrogens with one attached hydrogen (secondary N) is 1. The predicted molar refractivity (Wildman–Crippen MR) is 73.1 cm³/mol. The second-order valence-electron chi connectivity index (χ2n) is 3.65. The minimum Gasteiger partial charge on any atom is -0.378 e. The number of aryl methyl sites for hydroxylation is 2. The zero-order chi connectivity index (χ0) is 11.5. The Balaban J connectivity index is 2.07. The van der Waals surface area contributed by atoms with Crippen molar-refractivity contribution in [3.63, 3.8) is 0 Å². The first kappa shape index (κ1) is 11.6. The van der Waals surface area contributed by atoms with Crippen molar-refractivity contribution in [2.75, 3.05) is 5.32 Å². The molecule has 2 rings (SSSR count). The maximum absolute atomic E-state index is 4.42. The zero-order valence-electron chi connectivity index (χ0n) is 9.25. The number of anilines is 1. The molecule has 0 fully saturated rings. The molecular weight excluding hydrogens is 284 g/mol. The maximum atomic E-state index is 4.42. The second kappa shape index (κ2) is 4.97. The van der Waals surface area contributed by atoms with Gasteiger partial charge in [0.2, 0.25) is 0 Å². The molecule has 1 heterocycles. The lowest BCUT2D eigenvalue weighted by atomic mass is 10.2. The summed E-state index contributed by atoms with van der Waals surface area (Å²) >= 11 is 5.26. The highest BCUT2D eigenvalue weighted by Gasteiger charge is 2.03. The maximum Gasteiger partial charge on any atom is 0.0898 e. The molecule has 0 spiro atoms. The Morgan fingerprint density at radius 3 is 2.88 bits per heavy atom. The first-order valence-corrected chi connectivity index (χ1v) is 6.74. The summed E-state index contributed by atoms with van der Waals surface area (Å²) in [7, 11) is 0. The molecule has 0 radical (unpaired) electrons. The number of halogens is 1. The number of hydrogen-bond acceptors (Lipinski definition) is 3. The van der Waals surface area contributed by atoms with Crippen molar-refractivity contribution in [1.29, 1.82) is 0 Å². The molecule has 0 saturated carbocycles. The van der Waals surface area contributed by atoms with Gasteiger partial charge in [0, 0.05) is 15.5 Å². The number of nitrogens with zero attached hydrogens (tertiary/aromatic N) is 1. The van der Waals surface area contributed by atoms with Crippen LogP contribution in [0.15, 0.2) is 28.1 Å². The molecule has 4 heteroatoms. The van der Waals surface area contributed by atoms with Gasteiger partial charge in [-0.15, -0.1) is 11.3 Å². The Bertz CT molecular complexity index is 494. The van der Waals surface area contributed by atoms with Gasteiger partial charge in [-0.25, -0.2) is 4.98 Å². The highest BCUT2D eigenvalue weighted by molar-refractivity contribution is 9.10. The average Bonchev–Trinajstić information content (AvgIpc) is 2.67. The highest BCUT2D eigenvalue weighted by Crippen LogP contribution is 2.26. The van der Waals surface area contributed by atoms with Crippen LogP contribution in [0.25, 0.3) is 0 Å². The third kappa shape index (κ3) is 2.62. The van der Waals surface area contributed by atoms with Gasteiger partial charge in [0.25, 0.3) is 0 Å². The van der Waals surface area contributed by atoms with Gasteiger partial charge in [-0.2, -0.15) is 0 Å². The first-order valence-electron chi connectivity index (χ1n) is 5.07. The van der Waals surface area contributed by atoms with Crippen molar-refractivity contribution >= 4 is 33.0 Å². The predicted octanol–water partition coefficient (Wildman–Crippen LogP) is 4.13. The molecule has 16 heavy (non-hydrogen) atoms. The van der Waals surface area contributed by atoms with Crippen molar-refractivity contribution in [3.05, 3.63) is 44.3 Å².